The molecule has 1 aromatic carbocycles. The molecule has 0 unspecified atom stereocenters. The van der Waals surface area contributed by atoms with Gasteiger partial charge in [0.2, 0.25) is 0 Å². The predicted molar refractivity (Wildman–Crippen MR) is 97.4 cm³/mol. The van der Waals surface area contributed by atoms with Crippen LogP contribution in [0.1, 0.15) is 46.0 Å². The molecule has 0 fully saturated rings. The monoisotopic (exact) mass is 328 g/mol. The van der Waals surface area contributed by atoms with Gasteiger partial charge in [0.25, 0.3) is 0 Å². The van der Waals surface area contributed by atoms with E-state index in [1.807, 2.05) is 24.3 Å². The number of hydrogen-bond donors (Lipinski definition) is 0. The Morgan fingerprint density at radius 2 is 1.67 bits per heavy atom. The second-order valence-corrected chi connectivity index (χ2v) is 6.24. The van der Waals surface area contributed by atoms with Crippen LogP contribution in [0.15, 0.2) is 36.7 Å². The minimum atomic E-state index is 0.558. The van der Waals surface area contributed by atoms with Crippen LogP contribution >= 0.6 is 0 Å². The molecular weight excluding hydrogens is 300 g/mol. The van der Waals surface area contributed by atoms with Gasteiger partial charge >= 0.3 is 0 Å². The molecule has 1 atom stereocenters. The molecule has 0 saturated heterocycles. The summed E-state index contributed by atoms with van der Waals surface area (Å²) in [6, 6.07) is 7.72. The third-order valence-electron chi connectivity index (χ3n) is 4.06. The third kappa shape index (κ3) is 5.84. The molecule has 2 aromatic rings. The quantitative estimate of drug-likeness (QED) is 0.567. The lowest BCUT2D eigenvalue weighted by molar-refractivity contribution is 0.247. The number of unbranched alkanes of at least 4 members (excludes halogenated alkanes) is 3. The van der Waals surface area contributed by atoms with Gasteiger partial charge in [-0.2, -0.15) is 0 Å². The van der Waals surface area contributed by atoms with Crippen molar-refractivity contribution in [2.75, 3.05) is 13.7 Å². The number of aromatic nitrogens is 2. The average Bonchev–Trinajstić information content (AvgIpc) is 2.64. The molecule has 4 heteroatoms. The molecule has 1 heterocycles. The number of rotatable bonds is 10. The van der Waals surface area contributed by atoms with Crippen LogP contribution in [0, 0.1) is 5.92 Å². The van der Waals surface area contributed by atoms with Gasteiger partial charge in [0.1, 0.15) is 5.75 Å². The molecule has 0 N–H and O–H groups in total. The van der Waals surface area contributed by atoms with E-state index < -0.39 is 0 Å². The van der Waals surface area contributed by atoms with Crippen molar-refractivity contribution in [2.24, 2.45) is 5.92 Å². The maximum absolute atomic E-state index is 5.81. The first kappa shape index (κ1) is 18.2. The summed E-state index contributed by atoms with van der Waals surface area (Å²) in [5, 5.41) is 0. The van der Waals surface area contributed by atoms with Crippen molar-refractivity contribution in [3.8, 4) is 22.9 Å². The highest BCUT2D eigenvalue weighted by molar-refractivity contribution is 5.56. The summed E-state index contributed by atoms with van der Waals surface area (Å²) in [4.78, 5) is 8.78. The highest BCUT2D eigenvalue weighted by atomic mass is 16.5. The normalized spacial score (nSPS) is 12.0. The molecule has 0 saturated carbocycles. The minimum Gasteiger partial charge on any atom is -0.497 e. The highest BCUT2D eigenvalue weighted by Crippen LogP contribution is 2.20. The fourth-order valence-corrected chi connectivity index (χ4v) is 2.52. The summed E-state index contributed by atoms with van der Waals surface area (Å²) < 4.78 is 11.0. The van der Waals surface area contributed by atoms with Gasteiger partial charge in [-0.3, -0.25) is 0 Å². The van der Waals surface area contributed by atoms with Crippen molar-refractivity contribution >= 4 is 0 Å². The van der Waals surface area contributed by atoms with Gasteiger partial charge in [0.05, 0.1) is 26.1 Å². The molecule has 0 spiro atoms. The van der Waals surface area contributed by atoms with E-state index in [2.05, 4.69) is 23.8 Å². The molecule has 0 aliphatic heterocycles. The van der Waals surface area contributed by atoms with Crippen LogP contribution in [0.3, 0.4) is 0 Å². The molecule has 4 nitrogen and oxygen atoms in total. The summed E-state index contributed by atoms with van der Waals surface area (Å²) in [5.74, 6) is 2.81. The first-order valence-corrected chi connectivity index (χ1v) is 8.82. The molecule has 24 heavy (non-hydrogen) atoms. The molecule has 2 rings (SSSR count). The molecular formula is C20H28N2O2. The van der Waals surface area contributed by atoms with Crippen molar-refractivity contribution in [1.29, 1.82) is 0 Å². The van der Waals surface area contributed by atoms with E-state index in [4.69, 9.17) is 9.47 Å². The van der Waals surface area contributed by atoms with Crippen molar-refractivity contribution in [2.45, 2.75) is 46.0 Å². The van der Waals surface area contributed by atoms with E-state index in [1.54, 1.807) is 19.5 Å². The van der Waals surface area contributed by atoms with Gasteiger partial charge in [-0.15, -0.1) is 0 Å². The average molecular weight is 328 g/mol. The van der Waals surface area contributed by atoms with Crippen molar-refractivity contribution in [3.63, 3.8) is 0 Å². The summed E-state index contributed by atoms with van der Waals surface area (Å²) in [5.41, 5.74) is 0.964. The van der Waals surface area contributed by atoms with Gasteiger partial charge in [0, 0.05) is 5.56 Å². The van der Waals surface area contributed by atoms with E-state index in [9.17, 15) is 0 Å². The van der Waals surface area contributed by atoms with Crippen LogP contribution < -0.4 is 9.47 Å². The van der Waals surface area contributed by atoms with Crippen LogP contribution in [-0.2, 0) is 0 Å². The fraction of sp³-hybridized carbons (Fsp3) is 0.500. The van der Waals surface area contributed by atoms with Crippen LogP contribution in [0.2, 0.25) is 0 Å². The molecule has 0 bridgehead atoms. The lowest BCUT2D eigenvalue weighted by Crippen LogP contribution is -2.09. The van der Waals surface area contributed by atoms with Crippen LogP contribution in [0.25, 0.3) is 11.4 Å². The Morgan fingerprint density at radius 3 is 2.29 bits per heavy atom. The maximum atomic E-state index is 5.81. The Labute approximate surface area is 145 Å². The third-order valence-corrected chi connectivity index (χ3v) is 4.06. The zero-order chi connectivity index (χ0) is 17.2. The van der Waals surface area contributed by atoms with Crippen LogP contribution in [0.4, 0.5) is 0 Å². The fourth-order valence-electron chi connectivity index (χ4n) is 2.52. The topological polar surface area (TPSA) is 44.2 Å². The lowest BCUT2D eigenvalue weighted by Gasteiger charge is -2.12. The maximum Gasteiger partial charge on any atom is 0.159 e. The van der Waals surface area contributed by atoms with Gasteiger partial charge < -0.3 is 9.47 Å². The van der Waals surface area contributed by atoms with E-state index in [1.165, 1.54) is 32.1 Å². The SMILES string of the molecule is CCCCCC[C@@H](C)COc1cnc(-c2ccc(OC)cc2)nc1. The first-order valence-electron chi connectivity index (χ1n) is 8.82. The van der Waals surface area contributed by atoms with E-state index in [0.29, 0.717) is 11.7 Å². The summed E-state index contributed by atoms with van der Waals surface area (Å²) in [6.45, 7) is 5.19. The summed E-state index contributed by atoms with van der Waals surface area (Å²) in [7, 11) is 1.66. The summed E-state index contributed by atoms with van der Waals surface area (Å²) in [6.07, 6.45) is 9.92. The zero-order valence-corrected chi connectivity index (χ0v) is 15.0. The van der Waals surface area contributed by atoms with Gasteiger partial charge in [-0.05, 0) is 36.6 Å². The molecule has 0 aliphatic rings. The smallest absolute Gasteiger partial charge is 0.159 e. The number of ether oxygens (including phenoxy) is 2. The Kier molecular flexibility index (Phi) is 7.53. The van der Waals surface area contributed by atoms with E-state index >= 15 is 0 Å². The molecule has 0 amide bonds. The van der Waals surface area contributed by atoms with Gasteiger partial charge in [-0.25, -0.2) is 9.97 Å². The summed E-state index contributed by atoms with van der Waals surface area (Å²) >= 11 is 0. The highest BCUT2D eigenvalue weighted by Gasteiger charge is 2.06. The number of nitrogens with zero attached hydrogens (tertiary/aromatic N) is 2. The van der Waals surface area contributed by atoms with Crippen molar-refractivity contribution in [3.05, 3.63) is 36.7 Å². The minimum absolute atomic E-state index is 0.558. The Balaban J connectivity index is 1.81. The Bertz CT molecular complexity index is 582. The standard InChI is InChI=1S/C20H28N2O2/c1-4-5-6-7-8-16(2)15-24-19-13-21-20(22-14-19)17-9-11-18(23-3)12-10-17/h9-14,16H,4-8,15H2,1-3H3/t16-/m1/s1. The van der Waals surface area contributed by atoms with E-state index in [-0.39, 0.29) is 0 Å². The predicted octanol–water partition coefficient (Wildman–Crippen LogP) is 5.14. The number of hydrogen-bond acceptors (Lipinski definition) is 4. The largest absolute Gasteiger partial charge is 0.497 e. The second-order valence-electron chi connectivity index (χ2n) is 6.24. The number of benzene rings is 1. The van der Waals surface area contributed by atoms with E-state index in [0.717, 1.165) is 23.7 Å². The zero-order valence-electron chi connectivity index (χ0n) is 15.0. The Morgan fingerprint density at radius 1 is 0.958 bits per heavy atom. The lowest BCUT2D eigenvalue weighted by atomic mass is 10.0. The van der Waals surface area contributed by atoms with Crippen LogP contribution in [0.5, 0.6) is 11.5 Å². The first-order chi connectivity index (χ1) is 11.7. The Hall–Kier alpha value is -2.10. The molecule has 0 aliphatic carbocycles. The van der Waals surface area contributed by atoms with Crippen molar-refractivity contribution < 1.29 is 9.47 Å². The van der Waals surface area contributed by atoms with Crippen LogP contribution in [-0.4, -0.2) is 23.7 Å². The van der Waals surface area contributed by atoms with Crippen molar-refractivity contribution in [1.82, 2.24) is 9.97 Å². The van der Waals surface area contributed by atoms with Gasteiger partial charge in [-0.1, -0.05) is 39.5 Å². The van der Waals surface area contributed by atoms with Gasteiger partial charge in [0.15, 0.2) is 11.6 Å². The molecule has 1 aromatic heterocycles. The molecule has 0 radical (unpaired) electrons. The number of methoxy groups -OCH3 is 1. The molecule has 130 valence electrons. The second kappa shape index (κ2) is 9.91.